The number of likely N-dealkylation sites (tertiary alicyclic amines) is 2. The van der Waals surface area contributed by atoms with Gasteiger partial charge in [-0.3, -0.25) is 19.3 Å². The monoisotopic (exact) mass is 719 g/mol. The molecule has 0 aromatic heterocycles. The maximum Gasteiger partial charge on any atom is 0.252 e. The van der Waals surface area contributed by atoms with Crippen LogP contribution in [0.3, 0.4) is 0 Å². The highest BCUT2D eigenvalue weighted by Crippen LogP contribution is 2.41. The van der Waals surface area contributed by atoms with Crippen LogP contribution in [0, 0.1) is 5.92 Å². The number of alkyl halides is 2. The quantitative estimate of drug-likeness (QED) is 0.424. The zero-order chi connectivity index (χ0) is 35.0. The van der Waals surface area contributed by atoms with E-state index >= 15 is 4.79 Å². The summed E-state index contributed by atoms with van der Waals surface area (Å²) in [5.41, 5.74) is 1.04. The Labute approximate surface area is 299 Å². The number of hydrogen-bond acceptors (Lipinski definition) is 7. The zero-order valence-electron chi connectivity index (χ0n) is 29.2. The summed E-state index contributed by atoms with van der Waals surface area (Å²) < 4.78 is 40.2. The summed E-state index contributed by atoms with van der Waals surface area (Å²) in [6, 6.07) is 6.46. The predicted molar refractivity (Wildman–Crippen MR) is 184 cm³/mol. The first kappa shape index (κ1) is 36.0. The number of piperazine rings is 1. The van der Waals surface area contributed by atoms with Gasteiger partial charge in [0.25, 0.3) is 5.91 Å². The number of likely N-dealkylation sites (N-methyl/N-ethyl adjacent to an activating group) is 1. The maximum absolute atomic E-state index is 15.1. The van der Waals surface area contributed by atoms with Crippen molar-refractivity contribution in [1.82, 2.24) is 24.5 Å². The van der Waals surface area contributed by atoms with Crippen LogP contribution in [-0.4, -0.2) is 151 Å². The van der Waals surface area contributed by atoms with E-state index in [1.807, 2.05) is 36.2 Å². The van der Waals surface area contributed by atoms with Crippen molar-refractivity contribution in [1.29, 1.82) is 0 Å². The third-order valence-electron chi connectivity index (χ3n) is 12.3. The fourth-order valence-electron chi connectivity index (χ4n) is 9.32. The maximum atomic E-state index is 15.1. The molecule has 6 fully saturated rings. The molecule has 1 aliphatic carbocycles. The first-order valence-electron chi connectivity index (χ1n) is 18.7. The van der Waals surface area contributed by atoms with Crippen LogP contribution in [0.1, 0.15) is 69.3 Å². The van der Waals surface area contributed by atoms with Gasteiger partial charge in [-0.1, -0.05) is 23.7 Å². The Morgan fingerprint density at radius 3 is 2.22 bits per heavy atom. The predicted octanol–water partition coefficient (Wildman–Crippen LogP) is 3.86. The minimum absolute atomic E-state index is 0.0748. The minimum atomic E-state index is -2.75. The second-order valence-electron chi connectivity index (χ2n) is 15.4. The Balaban J connectivity index is 1.20. The molecule has 13 heteroatoms. The van der Waals surface area contributed by atoms with Gasteiger partial charge in [0.05, 0.1) is 12.0 Å². The van der Waals surface area contributed by atoms with Crippen molar-refractivity contribution >= 4 is 29.3 Å². The number of amides is 3. The Morgan fingerprint density at radius 1 is 0.860 bits per heavy atom. The van der Waals surface area contributed by atoms with E-state index in [9.17, 15) is 18.4 Å². The Morgan fingerprint density at radius 2 is 1.56 bits per heavy atom. The summed E-state index contributed by atoms with van der Waals surface area (Å²) in [4.78, 5) is 53.7. The van der Waals surface area contributed by atoms with Crippen molar-refractivity contribution in [2.24, 2.45) is 5.92 Å². The highest BCUT2D eigenvalue weighted by molar-refractivity contribution is 6.30. The molecular weight excluding hydrogens is 668 g/mol. The van der Waals surface area contributed by atoms with Crippen LogP contribution in [0.2, 0.25) is 5.02 Å². The number of hydrogen-bond donors (Lipinski definition) is 0. The topological polar surface area (TPSA) is 85.9 Å². The van der Waals surface area contributed by atoms with Gasteiger partial charge in [-0.05, 0) is 69.7 Å². The minimum Gasteiger partial charge on any atom is -0.381 e. The number of rotatable bonds is 7. The molecule has 0 spiro atoms. The average Bonchev–Trinajstić information content (AvgIpc) is 3.91. The number of halogens is 3. The lowest BCUT2D eigenvalue weighted by molar-refractivity contribution is -0.150. The molecule has 7 rings (SSSR count). The van der Waals surface area contributed by atoms with Gasteiger partial charge in [-0.2, -0.15) is 0 Å². The molecule has 1 saturated carbocycles. The standard InChI is InChI=1S/C37H52ClF2N5O5/c1-41-14-16-42(17-15-41)35(47)32-21-29(45(36(48)33-3-2-18-50-33)28-8-12-37(39,40)13-9-28)22-44(32)34(46)31-24-43(27-10-19-49-20-11-27)23-30(31)25-4-6-26(38)7-5-25/h4-7,27-33H,2-3,8-24H2,1H3/t29-,30-,31+,32-,33-/m0/s1. The largest absolute Gasteiger partial charge is 0.381 e. The van der Waals surface area contributed by atoms with Crippen molar-refractivity contribution in [3.05, 3.63) is 34.9 Å². The molecule has 3 amide bonds. The van der Waals surface area contributed by atoms with Crippen LogP contribution >= 0.6 is 11.6 Å². The molecule has 276 valence electrons. The van der Waals surface area contributed by atoms with Gasteiger partial charge in [0.2, 0.25) is 17.7 Å². The Bertz CT molecular complexity index is 1360. The third kappa shape index (κ3) is 7.70. The van der Waals surface area contributed by atoms with E-state index in [2.05, 4.69) is 9.80 Å². The van der Waals surface area contributed by atoms with E-state index in [-0.39, 0.29) is 61.9 Å². The number of benzene rings is 1. The van der Waals surface area contributed by atoms with Crippen molar-refractivity contribution in [2.75, 3.05) is 72.7 Å². The lowest BCUT2D eigenvalue weighted by atomic mass is 9.88. The van der Waals surface area contributed by atoms with Crippen LogP contribution in [0.4, 0.5) is 8.78 Å². The normalized spacial score (nSPS) is 31.7. The summed E-state index contributed by atoms with van der Waals surface area (Å²) in [6.07, 6.45) is 2.67. The van der Waals surface area contributed by atoms with Crippen LogP contribution < -0.4 is 0 Å². The van der Waals surface area contributed by atoms with Crippen molar-refractivity contribution in [3.8, 4) is 0 Å². The first-order valence-corrected chi connectivity index (χ1v) is 19.1. The van der Waals surface area contributed by atoms with Gasteiger partial charge in [0, 0.05) is 101 Å². The van der Waals surface area contributed by atoms with Gasteiger partial charge in [0.1, 0.15) is 12.1 Å². The molecule has 0 N–H and O–H groups in total. The van der Waals surface area contributed by atoms with Crippen LogP contribution in [0.5, 0.6) is 0 Å². The van der Waals surface area contributed by atoms with E-state index in [0.717, 1.165) is 44.5 Å². The highest BCUT2D eigenvalue weighted by Gasteiger charge is 2.52. The van der Waals surface area contributed by atoms with Crippen molar-refractivity contribution in [2.45, 2.75) is 99.9 Å². The summed E-state index contributed by atoms with van der Waals surface area (Å²) >= 11 is 6.28. The molecule has 1 aromatic rings. The summed E-state index contributed by atoms with van der Waals surface area (Å²) in [5, 5.41) is 0.632. The van der Waals surface area contributed by atoms with Crippen molar-refractivity contribution in [3.63, 3.8) is 0 Å². The fourth-order valence-corrected chi connectivity index (χ4v) is 9.45. The second kappa shape index (κ2) is 15.3. The number of nitrogens with zero attached hydrogens (tertiary/aromatic N) is 5. The molecule has 0 radical (unpaired) electrons. The molecule has 10 nitrogen and oxygen atoms in total. The fraction of sp³-hybridized carbons (Fsp3) is 0.757. The van der Waals surface area contributed by atoms with Gasteiger partial charge in [-0.15, -0.1) is 0 Å². The zero-order valence-corrected chi connectivity index (χ0v) is 30.0. The summed E-state index contributed by atoms with van der Waals surface area (Å²) in [5.74, 6) is -3.58. The molecule has 5 heterocycles. The van der Waals surface area contributed by atoms with Crippen LogP contribution in [0.25, 0.3) is 0 Å². The Hall–Kier alpha value is -2.38. The lowest BCUT2D eigenvalue weighted by Crippen LogP contribution is -2.54. The molecule has 1 aromatic carbocycles. The molecule has 5 saturated heterocycles. The highest BCUT2D eigenvalue weighted by atomic mass is 35.5. The van der Waals surface area contributed by atoms with Crippen LogP contribution in [-0.2, 0) is 23.9 Å². The Kier molecular flexibility index (Phi) is 11.0. The molecule has 50 heavy (non-hydrogen) atoms. The molecule has 0 bridgehead atoms. The average molecular weight is 720 g/mol. The molecule has 6 aliphatic rings. The van der Waals surface area contributed by atoms with E-state index in [1.165, 1.54) is 0 Å². The van der Waals surface area contributed by atoms with E-state index < -0.39 is 30.0 Å². The first-order chi connectivity index (χ1) is 24.1. The molecule has 5 aliphatic heterocycles. The van der Waals surface area contributed by atoms with E-state index in [0.29, 0.717) is 63.4 Å². The van der Waals surface area contributed by atoms with Crippen LogP contribution in [0.15, 0.2) is 24.3 Å². The van der Waals surface area contributed by atoms with E-state index in [4.69, 9.17) is 21.1 Å². The van der Waals surface area contributed by atoms with Gasteiger partial charge < -0.3 is 29.1 Å². The summed E-state index contributed by atoms with van der Waals surface area (Å²) in [7, 11) is 2.03. The lowest BCUT2D eigenvalue weighted by Gasteiger charge is -2.41. The van der Waals surface area contributed by atoms with Gasteiger partial charge >= 0.3 is 0 Å². The SMILES string of the molecule is CN1CCN(C(=O)[C@@H]2C[C@H](N(C(=O)[C@@H]3CCCO3)C3CCC(F)(F)CC3)CN2C(=O)[C@@H]2CN(C3CCOCC3)C[C@H]2c2ccc(Cl)cc2)CC1. The van der Waals surface area contributed by atoms with E-state index in [1.54, 1.807) is 9.80 Å². The molecule has 5 atom stereocenters. The smallest absolute Gasteiger partial charge is 0.252 e. The number of carbonyl (C=O) groups excluding carboxylic acids is 3. The number of carbonyl (C=O) groups is 3. The van der Waals surface area contributed by atoms with Crippen molar-refractivity contribution < 1.29 is 32.6 Å². The van der Waals surface area contributed by atoms with Gasteiger partial charge in [-0.25, -0.2) is 8.78 Å². The number of ether oxygens (including phenoxy) is 2. The second-order valence-corrected chi connectivity index (χ2v) is 15.9. The summed E-state index contributed by atoms with van der Waals surface area (Å²) in [6.45, 7) is 6.02. The molecule has 0 unspecified atom stereocenters. The van der Waals surface area contributed by atoms with Gasteiger partial charge in [0.15, 0.2) is 0 Å². The third-order valence-corrected chi connectivity index (χ3v) is 12.5. The molecular formula is C37H52ClF2N5O5.